The van der Waals surface area contributed by atoms with E-state index in [4.69, 9.17) is 0 Å². The van der Waals surface area contributed by atoms with E-state index in [1.54, 1.807) is 18.3 Å². The van der Waals surface area contributed by atoms with Crippen LogP contribution in [0.4, 0.5) is 8.78 Å². The summed E-state index contributed by atoms with van der Waals surface area (Å²) in [7, 11) is 0. The van der Waals surface area contributed by atoms with E-state index in [1.165, 1.54) is 23.4 Å². The number of ether oxygens (including phenoxy) is 1. The Morgan fingerprint density at radius 3 is 2.84 bits per heavy atom. The van der Waals surface area contributed by atoms with Crippen molar-refractivity contribution in [2.75, 3.05) is 6.54 Å². The lowest BCUT2D eigenvalue weighted by Gasteiger charge is -2.28. The second-order valence-corrected chi connectivity index (χ2v) is 7.90. The maximum absolute atomic E-state index is 12.5. The minimum absolute atomic E-state index is 0.123. The normalized spacial score (nSPS) is 15.4. The summed E-state index contributed by atoms with van der Waals surface area (Å²) in [5.74, 6) is -0.788. The van der Waals surface area contributed by atoms with Crippen molar-refractivity contribution in [3.63, 3.8) is 0 Å². The number of fused-ring (bicyclic) bond motifs is 1. The minimum Gasteiger partial charge on any atom is -0.478 e. The van der Waals surface area contributed by atoms with Crippen LogP contribution in [0.25, 0.3) is 11.1 Å². The van der Waals surface area contributed by atoms with Crippen LogP contribution in [0.3, 0.4) is 0 Å². The van der Waals surface area contributed by atoms with Crippen molar-refractivity contribution < 1.29 is 23.4 Å². The molecule has 0 saturated carbocycles. The fraction of sp³-hybridized carbons (Fsp3) is 0.280. The number of alkyl halides is 2. The number of nitrogens with one attached hydrogen (secondary N) is 1. The number of carboxylic acids is 1. The maximum atomic E-state index is 12.5. The molecule has 2 heterocycles. The van der Waals surface area contributed by atoms with Gasteiger partial charge >= 0.3 is 12.6 Å². The van der Waals surface area contributed by atoms with Gasteiger partial charge in [0, 0.05) is 18.4 Å². The summed E-state index contributed by atoms with van der Waals surface area (Å²) < 4.78 is 29.4. The first-order chi connectivity index (χ1) is 15.4. The predicted octanol–water partition coefficient (Wildman–Crippen LogP) is 5.18. The number of carbonyl (C=O) groups is 1. The fourth-order valence-electron chi connectivity index (χ4n) is 4.35. The van der Waals surface area contributed by atoms with Crippen LogP contribution >= 0.6 is 0 Å². The van der Waals surface area contributed by atoms with Crippen LogP contribution in [0.15, 0.2) is 54.9 Å². The number of pyridine rings is 1. The number of aryl methyl sites for hydroxylation is 2. The number of hydrogen-bond donors (Lipinski definition) is 2. The average Bonchev–Trinajstić information content (AvgIpc) is 2.77. The number of halogens is 2. The molecule has 1 aromatic heterocycles. The van der Waals surface area contributed by atoms with E-state index >= 15 is 0 Å². The number of nitrogens with zero attached hydrogens (tertiary/aromatic N) is 1. The van der Waals surface area contributed by atoms with Crippen molar-refractivity contribution in [3.05, 3.63) is 82.7 Å². The Labute approximate surface area is 185 Å². The molecular weight excluding hydrogens is 414 g/mol. The SMILES string of the molecule is Cc1cc(OC(F)F)ccc1-c1ccc2c(c1)CCN[C@@H]2CCc1cnccc1C(=O)O. The van der Waals surface area contributed by atoms with Crippen molar-refractivity contribution in [2.45, 2.75) is 38.8 Å². The Kier molecular flexibility index (Phi) is 6.46. The van der Waals surface area contributed by atoms with Crippen molar-refractivity contribution in [2.24, 2.45) is 0 Å². The monoisotopic (exact) mass is 438 g/mol. The largest absolute Gasteiger partial charge is 0.478 e. The maximum Gasteiger partial charge on any atom is 0.387 e. The smallest absolute Gasteiger partial charge is 0.387 e. The molecular formula is C25H24F2N2O3. The second kappa shape index (κ2) is 9.44. The quantitative estimate of drug-likeness (QED) is 0.532. The van der Waals surface area contributed by atoms with Crippen LogP contribution < -0.4 is 10.1 Å². The summed E-state index contributed by atoms with van der Waals surface area (Å²) in [6, 6.07) is 13.0. The third-order valence-electron chi connectivity index (χ3n) is 5.87. The molecule has 1 atom stereocenters. The van der Waals surface area contributed by atoms with Gasteiger partial charge in [0.1, 0.15) is 5.75 Å². The Morgan fingerprint density at radius 2 is 2.09 bits per heavy atom. The molecule has 5 nitrogen and oxygen atoms in total. The highest BCUT2D eigenvalue weighted by Crippen LogP contribution is 2.33. The molecule has 2 aromatic carbocycles. The van der Waals surface area contributed by atoms with E-state index in [0.29, 0.717) is 12.0 Å². The van der Waals surface area contributed by atoms with Crippen LogP contribution in [0, 0.1) is 6.92 Å². The van der Waals surface area contributed by atoms with Crippen molar-refractivity contribution in [1.29, 1.82) is 0 Å². The predicted molar refractivity (Wildman–Crippen MR) is 117 cm³/mol. The van der Waals surface area contributed by atoms with E-state index < -0.39 is 12.6 Å². The summed E-state index contributed by atoms with van der Waals surface area (Å²) >= 11 is 0. The summed E-state index contributed by atoms with van der Waals surface area (Å²) in [5.41, 5.74) is 6.34. The zero-order valence-electron chi connectivity index (χ0n) is 17.6. The summed E-state index contributed by atoms with van der Waals surface area (Å²) in [5, 5.41) is 12.9. The zero-order chi connectivity index (χ0) is 22.7. The summed E-state index contributed by atoms with van der Waals surface area (Å²) in [6.07, 6.45) is 5.38. The Balaban J connectivity index is 1.54. The van der Waals surface area contributed by atoms with Gasteiger partial charge in [-0.05, 0) is 84.3 Å². The lowest BCUT2D eigenvalue weighted by molar-refractivity contribution is -0.0498. The molecule has 0 unspecified atom stereocenters. The molecule has 0 radical (unpaired) electrons. The molecule has 1 aliphatic rings. The van der Waals surface area contributed by atoms with Gasteiger partial charge in [-0.2, -0.15) is 8.78 Å². The van der Waals surface area contributed by atoms with Crippen LogP contribution in [0.1, 0.15) is 45.1 Å². The van der Waals surface area contributed by atoms with Gasteiger partial charge in [0.05, 0.1) is 5.56 Å². The molecule has 0 spiro atoms. The van der Waals surface area contributed by atoms with E-state index in [2.05, 4.69) is 27.2 Å². The van der Waals surface area contributed by atoms with Gasteiger partial charge in [-0.15, -0.1) is 0 Å². The Hall–Kier alpha value is -3.32. The minimum atomic E-state index is -2.84. The molecule has 1 aliphatic heterocycles. The second-order valence-electron chi connectivity index (χ2n) is 7.90. The molecule has 2 N–H and O–H groups in total. The first-order valence-corrected chi connectivity index (χ1v) is 10.5. The van der Waals surface area contributed by atoms with Crippen LogP contribution in [0.2, 0.25) is 0 Å². The molecule has 7 heteroatoms. The molecule has 32 heavy (non-hydrogen) atoms. The number of aromatic carboxylic acids is 1. The highest BCUT2D eigenvalue weighted by Gasteiger charge is 2.21. The van der Waals surface area contributed by atoms with E-state index in [1.807, 2.05) is 19.1 Å². The van der Waals surface area contributed by atoms with E-state index in [9.17, 15) is 18.7 Å². The number of benzene rings is 2. The lowest BCUT2D eigenvalue weighted by atomic mass is 9.87. The van der Waals surface area contributed by atoms with Crippen LogP contribution in [-0.2, 0) is 12.8 Å². The van der Waals surface area contributed by atoms with Crippen molar-refractivity contribution in [3.8, 4) is 16.9 Å². The molecule has 0 amide bonds. The van der Waals surface area contributed by atoms with Gasteiger partial charge < -0.3 is 15.2 Å². The van der Waals surface area contributed by atoms with Gasteiger partial charge in [-0.25, -0.2) is 4.79 Å². The van der Waals surface area contributed by atoms with Gasteiger partial charge in [0.25, 0.3) is 0 Å². The molecule has 4 rings (SSSR count). The Bertz CT molecular complexity index is 1130. The van der Waals surface area contributed by atoms with Gasteiger partial charge in [-0.3, -0.25) is 4.98 Å². The zero-order valence-corrected chi connectivity index (χ0v) is 17.6. The number of hydrogen-bond acceptors (Lipinski definition) is 4. The molecule has 0 aliphatic carbocycles. The van der Waals surface area contributed by atoms with Crippen LogP contribution in [-0.4, -0.2) is 29.2 Å². The van der Waals surface area contributed by atoms with Gasteiger partial charge in [0.2, 0.25) is 0 Å². The topological polar surface area (TPSA) is 71.5 Å². The van der Waals surface area contributed by atoms with Gasteiger partial charge in [-0.1, -0.05) is 24.3 Å². The van der Waals surface area contributed by atoms with Gasteiger partial charge in [0.15, 0.2) is 0 Å². The standard InChI is InChI=1S/C25H24F2N2O3/c1-15-12-19(32-25(26)27)4-6-20(15)16-2-5-21-17(13-16)8-11-29-23(21)7-3-18-14-28-10-9-22(18)24(30)31/h2,4-6,9-10,12-14,23,25,29H,3,7-8,11H2,1H3,(H,30,31)/t23-/m1/s1. The number of rotatable bonds is 7. The highest BCUT2D eigenvalue weighted by molar-refractivity contribution is 5.89. The molecule has 0 saturated heterocycles. The first-order valence-electron chi connectivity index (χ1n) is 10.5. The summed E-state index contributed by atoms with van der Waals surface area (Å²) in [6.45, 7) is -0.127. The molecule has 0 bridgehead atoms. The highest BCUT2D eigenvalue weighted by atomic mass is 19.3. The third-order valence-corrected chi connectivity index (χ3v) is 5.87. The van der Waals surface area contributed by atoms with E-state index in [-0.39, 0.29) is 11.8 Å². The molecule has 3 aromatic rings. The average molecular weight is 438 g/mol. The van der Waals surface area contributed by atoms with Crippen molar-refractivity contribution >= 4 is 5.97 Å². The lowest BCUT2D eigenvalue weighted by Crippen LogP contribution is -2.30. The van der Waals surface area contributed by atoms with Crippen LogP contribution in [0.5, 0.6) is 5.75 Å². The third kappa shape index (κ3) is 4.78. The van der Waals surface area contributed by atoms with E-state index in [0.717, 1.165) is 41.6 Å². The number of carboxylic acid groups (broad SMARTS) is 1. The van der Waals surface area contributed by atoms with Crippen molar-refractivity contribution in [1.82, 2.24) is 10.3 Å². The first kappa shape index (κ1) is 21.9. The Morgan fingerprint density at radius 1 is 1.25 bits per heavy atom. The molecule has 0 fully saturated rings. The molecule has 166 valence electrons. The summed E-state index contributed by atoms with van der Waals surface area (Å²) in [4.78, 5) is 15.5. The number of aromatic nitrogens is 1. The fourth-order valence-corrected chi connectivity index (χ4v) is 4.35.